The van der Waals surface area contributed by atoms with Crippen LogP contribution in [0.4, 0.5) is 0 Å². The van der Waals surface area contributed by atoms with Crippen LogP contribution in [0.25, 0.3) is 11.1 Å². The highest BCUT2D eigenvalue weighted by Crippen LogP contribution is 2.44. The quantitative estimate of drug-likeness (QED) is 0.511. The van der Waals surface area contributed by atoms with Crippen molar-refractivity contribution in [2.45, 2.75) is 18.4 Å². The van der Waals surface area contributed by atoms with Crippen molar-refractivity contribution in [3.8, 4) is 11.1 Å². The van der Waals surface area contributed by atoms with E-state index in [1.54, 1.807) is 0 Å². The zero-order chi connectivity index (χ0) is 16.9. The molecule has 24 heavy (non-hydrogen) atoms. The second kappa shape index (κ2) is 7.57. The minimum atomic E-state index is -0.902. The Labute approximate surface area is 141 Å². The average molecular weight is 326 g/mol. The Morgan fingerprint density at radius 2 is 1.71 bits per heavy atom. The fourth-order valence-electron chi connectivity index (χ4n) is 3.26. The summed E-state index contributed by atoms with van der Waals surface area (Å²) in [5.41, 5.74) is 10.5. The van der Waals surface area contributed by atoms with Gasteiger partial charge in [-0.25, -0.2) is 0 Å². The first-order valence-corrected chi connectivity index (χ1v) is 8.14. The zero-order valence-electron chi connectivity index (χ0n) is 13.4. The molecular formula is C19H22N2O3. The number of carboxylic acid groups (broad SMARTS) is 1. The van der Waals surface area contributed by atoms with Gasteiger partial charge in [-0.3, -0.25) is 10.1 Å². The lowest BCUT2D eigenvalue weighted by Gasteiger charge is -2.17. The van der Waals surface area contributed by atoms with E-state index in [1.165, 1.54) is 22.3 Å². The molecule has 126 valence electrons. The molecule has 2 aromatic carbocycles. The molecule has 0 unspecified atom stereocenters. The topological polar surface area (TPSA) is 84.6 Å². The lowest BCUT2D eigenvalue weighted by molar-refractivity contribution is -0.140. The molecule has 1 aliphatic rings. The van der Waals surface area contributed by atoms with Gasteiger partial charge in [-0.05, 0) is 35.2 Å². The monoisotopic (exact) mass is 326 g/mol. The summed E-state index contributed by atoms with van der Waals surface area (Å²) in [6.07, 6.45) is 0.383. The molecule has 0 fully saturated rings. The summed E-state index contributed by atoms with van der Waals surface area (Å²) in [6, 6.07) is 16.0. The minimum absolute atomic E-state index is 0.178. The van der Waals surface area contributed by atoms with Gasteiger partial charge in [0, 0.05) is 5.92 Å². The maximum absolute atomic E-state index is 11.1. The smallest absolute Gasteiger partial charge is 0.320 e. The Kier molecular flexibility index (Phi) is 5.25. The van der Waals surface area contributed by atoms with E-state index in [0.717, 1.165) is 0 Å². The molecule has 0 saturated heterocycles. The molecule has 0 radical (unpaired) electrons. The number of ether oxygens (including phenoxy) is 1. The van der Waals surface area contributed by atoms with Crippen molar-refractivity contribution in [1.82, 2.24) is 5.32 Å². The summed E-state index contributed by atoms with van der Waals surface area (Å²) in [4.78, 5) is 11.1. The Hall–Kier alpha value is -2.21. The van der Waals surface area contributed by atoms with E-state index in [9.17, 15) is 4.79 Å². The Balaban J connectivity index is 1.65. The highest BCUT2D eigenvalue weighted by atomic mass is 16.5. The molecule has 0 bridgehead atoms. The van der Waals surface area contributed by atoms with Crippen LogP contribution in [0.5, 0.6) is 0 Å². The third kappa shape index (κ3) is 3.33. The van der Waals surface area contributed by atoms with Gasteiger partial charge < -0.3 is 15.6 Å². The molecule has 5 nitrogen and oxygen atoms in total. The fraction of sp³-hybridized carbons (Fsp3) is 0.316. The molecule has 3 rings (SSSR count). The first-order valence-electron chi connectivity index (χ1n) is 8.14. The molecule has 0 heterocycles. The molecule has 5 heteroatoms. The van der Waals surface area contributed by atoms with Gasteiger partial charge in [0.05, 0.1) is 13.3 Å². The highest BCUT2D eigenvalue weighted by molar-refractivity contribution is 5.78. The third-order valence-corrected chi connectivity index (χ3v) is 4.43. The van der Waals surface area contributed by atoms with Crippen LogP contribution in [0.2, 0.25) is 0 Å². The largest absolute Gasteiger partial charge is 0.480 e. The predicted molar refractivity (Wildman–Crippen MR) is 92.8 cm³/mol. The molecule has 1 aliphatic carbocycles. The van der Waals surface area contributed by atoms with Crippen molar-refractivity contribution < 1.29 is 14.6 Å². The van der Waals surface area contributed by atoms with E-state index >= 15 is 0 Å². The fourth-order valence-corrected chi connectivity index (χ4v) is 3.26. The van der Waals surface area contributed by atoms with Crippen LogP contribution in [0, 0.1) is 0 Å². The first-order chi connectivity index (χ1) is 11.7. The molecule has 0 saturated carbocycles. The van der Waals surface area contributed by atoms with Crippen molar-refractivity contribution in [1.29, 1.82) is 0 Å². The van der Waals surface area contributed by atoms with Crippen LogP contribution in [0.1, 0.15) is 23.5 Å². The van der Waals surface area contributed by atoms with Crippen molar-refractivity contribution in [3.05, 3.63) is 59.7 Å². The number of hydrogen-bond donors (Lipinski definition) is 3. The van der Waals surface area contributed by atoms with Gasteiger partial charge in [0.15, 0.2) is 0 Å². The van der Waals surface area contributed by atoms with Crippen molar-refractivity contribution in [2.24, 2.45) is 5.73 Å². The average Bonchev–Trinajstić information content (AvgIpc) is 2.92. The van der Waals surface area contributed by atoms with E-state index in [2.05, 4.69) is 29.6 Å². The Morgan fingerprint density at radius 3 is 2.25 bits per heavy atom. The summed E-state index contributed by atoms with van der Waals surface area (Å²) in [6.45, 7) is 1.03. The second-order valence-electron chi connectivity index (χ2n) is 5.91. The van der Waals surface area contributed by atoms with Gasteiger partial charge in [-0.2, -0.15) is 0 Å². The van der Waals surface area contributed by atoms with Gasteiger partial charge in [-0.15, -0.1) is 0 Å². The van der Waals surface area contributed by atoms with Gasteiger partial charge in [0.1, 0.15) is 6.04 Å². The highest BCUT2D eigenvalue weighted by Gasteiger charge is 2.28. The Morgan fingerprint density at radius 1 is 1.12 bits per heavy atom. The number of carboxylic acids is 1. The van der Waals surface area contributed by atoms with E-state index in [-0.39, 0.29) is 12.6 Å². The number of fused-ring (bicyclic) bond motifs is 3. The van der Waals surface area contributed by atoms with Gasteiger partial charge in [0.2, 0.25) is 0 Å². The number of nitrogens with two attached hydrogens (primary N) is 1. The Bertz CT molecular complexity index is 672. The summed E-state index contributed by atoms with van der Waals surface area (Å²) < 4.78 is 5.74. The summed E-state index contributed by atoms with van der Waals surface area (Å²) in [7, 11) is 0. The van der Waals surface area contributed by atoms with E-state index in [1.807, 2.05) is 24.3 Å². The SMILES string of the molecule is NCC[C@H](NCOCC1c2ccccc2-c2ccccc21)C(=O)O. The van der Waals surface area contributed by atoms with Crippen LogP contribution in [0.3, 0.4) is 0 Å². The van der Waals surface area contributed by atoms with Crippen molar-refractivity contribution in [3.63, 3.8) is 0 Å². The summed E-state index contributed by atoms with van der Waals surface area (Å²) in [5.74, 6) is -0.724. The second-order valence-corrected chi connectivity index (χ2v) is 5.91. The van der Waals surface area contributed by atoms with Gasteiger partial charge in [0.25, 0.3) is 0 Å². The van der Waals surface area contributed by atoms with Crippen LogP contribution in [-0.2, 0) is 9.53 Å². The maximum Gasteiger partial charge on any atom is 0.320 e. The molecule has 0 aromatic heterocycles. The number of carbonyl (C=O) groups is 1. The maximum atomic E-state index is 11.1. The van der Waals surface area contributed by atoms with Crippen molar-refractivity contribution >= 4 is 5.97 Å². The van der Waals surface area contributed by atoms with Crippen LogP contribution in [-0.4, -0.2) is 37.0 Å². The normalized spacial score (nSPS) is 14.2. The van der Waals surface area contributed by atoms with Gasteiger partial charge in [-0.1, -0.05) is 48.5 Å². The zero-order valence-corrected chi connectivity index (χ0v) is 13.4. The number of aliphatic carboxylic acids is 1. The summed E-state index contributed by atoms with van der Waals surface area (Å²) in [5, 5.41) is 12.0. The van der Waals surface area contributed by atoms with E-state index < -0.39 is 12.0 Å². The number of nitrogens with one attached hydrogen (secondary N) is 1. The van der Waals surface area contributed by atoms with Gasteiger partial charge >= 0.3 is 5.97 Å². The van der Waals surface area contributed by atoms with E-state index in [4.69, 9.17) is 15.6 Å². The number of rotatable bonds is 8. The minimum Gasteiger partial charge on any atom is -0.480 e. The van der Waals surface area contributed by atoms with Crippen molar-refractivity contribution in [2.75, 3.05) is 19.9 Å². The molecule has 1 atom stereocenters. The molecule has 4 N–H and O–H groups in total. The molecular weight excluding hydrogens is 304 g/mol. The lowest BCUT2D eigenvalue weighted by Crippen LogP contribution is -2.39. The molecule has 0 amide bonds. The first kappa shape index (κ1) is 16.6. The van der Waals surface area contributed by atoms with Crippen LogP contribution < -0.4 is 11.1 Å². The lowest BCUT2D eigenvalue weighted by atomic mass is 9.98. The van der Waals surface area contributed by atoms with Crippen LogP contribution >= 0.6 is 0 Å². The molecule has 2 aromatic rings. The van der Waals surface area contributed by atoms with Crippen LogP contribution in [0.15, 0.2) is 48.5 Å². The summed E-state index contributed by atoms with van der Waals surface area (Å²) >= 11 is 0. The number of benzene rings is 2. The standard InChI is InChI=1S/C19H22N2O3/c20-10-9-18(19(22)23)21-12-24-11-17-15-7-3-1-5-13(15)14-6-2-4-8-16(14)17/h1-8,17-18,21H,9-12,20H2,(H,22,23)/t18-/m0/s1. The third-order valence-electron chi connectivity index (χ3n) is 4.43. The molecule has 0 aliphatic heterocycles. The van der Waals surface area contributed by atoms with E-state index in [0.29, 0.717) is 19.6 Å². The molecule has 0 spiro atoms. The number of hydrogen-bond acceptors (Lipinski definition) is 4. The predicted octanol–water partition coefficient (Wildman–Crippen LogP) is 2.16.